The van der Waals surface area contributed by atoms with Crippen LogP contribution in [0.2, 0.25) is 0 Å². The van der Waals surface area contributed by atoms with Gasteiger partial charge in [0, 0.05) is 89.0 Å². The van der Waals surface area contributed by atoms with Gasteiger partial charge in [-0.05, 0) is 48.5 Å². The first-order valence-electron chi connectivity index (χ1n) is 13.6. The number of aromatic nitrogens is 3. The number of hydrogen-bond acceptors (Lipinski definition) is 7. The molecule has 41 heavy (non-hydrogen) atoms. The number of amides is 3. The van der Waals surface area contributed by atoms with Crippen molar-refractivity contribution in [1.82, 2.24) is 25.2 Å². The second kappa shape index (κ2) is 12.1. The molecule has 11 heteroatoms. The highest BCUT2D eigenvalue weighted by Gasteiger charge is 2.24. The fourth-order valence-corrected chi connectivity index (χ4v) is 5.00. The largest absolute Gasteiger partial charge is 0.368 e. The van der Waals surface area contributed by atoms with Gasteiger partial charge in [-0.25, -0.2) is 9.97 Å². The van der Waals surface area contributed by atoms with Crippen LogP contribution in [-0.4, -0.2) is 83.9 Å². The summed E-state index contributed by atoms with van der Waals surface area (Å²) in [6.07, 6.45) is 3.32. The number of H-pyrrole nitrogens is 1. The standard InChI is InChI=1S/C30H34N8O3/c1-21(39)31-13-14-38(29-27-11-12-32-28(27)33-20-34-29)26-6-4-5-23(19-26)30(41)37-17-15-36(16-18-37)25-9-7-24(8-10-25)35(3)22(2)40/h4-12,19-20H,13-18H2,1-3H3,(H,31,39)(H,32,33,34). The van der Waals surface area contributed by atoms with E-state index in [0.717, 1.165) is 22.4 Å². The number of nitrogens with zero attached hydrogens (tertiary/aromatic N) is 6. The molecule has 2 aromatic carbocycles. The third kappa shape index (κ3) is 6.13. The van der Waals surface area contributed by atoms with Gasteiger partial charge in [-0.2, -0.15) is 0 Å². The normalized spacial score (nSPS) is 13.2. The number of aromatic amines is 1. The van der Waals surface area contributed by atoms with E-state index in [9.17, 15) is 14.4 Å². The molecule has 11 nitrogen and oxygen atoms in total. The van der Waals surface area contributed by atoms with Crippen LogP contribution < -0.4 is 20.0 Å². The van der Waals surface area contributed by atoms with Crippen molar-refractivity contribution in [2.24, 2.45) is 0 Å². The fraction of sp³-hybridized carbons (Fsp3) is 0.300. The zero-order valence-corrected chi connectivity index (χ0v) is 23.5. The maximum absolute atomic E-state index is 13.6. The molecule has 0 bridgehead atoms. The summed E-state index contributed by atoms with van der Waals surface area (Å²) in [7, 11) is 1.76. The summed E-state index contributed by atoms with van der Waals surface area (Å²) in [6, 6.07) is 17.4. The highest BCUT2D eigenvalue weighted by Crippen LogP contribution is 2.30. The van der Waals surface area contributed by atoms with Crippen molar-refractivity contribution in [2.75, 3.05) is 61.0 Å². The minimum absolute atomic E-state index is 0.0143. The Balaban J connectivity index is 1.30. The van der Waals surface area contributed by atoms with E-state index >= 15 is 0 Å². The van der Waals surface area contributed by atoms with Crippen molar-refractivity contribution in [3.63, 3.8) is 0 Å². The summed E-state index contributed by atoms with van der Waals surface area (Å²) in [5.74, 6) is 0.544. The van der Waals surface area contributed by atoms with Crippen LogP contribution in [0.15, 0.2) is 67.1 Å². The molecule has 0 spiro atoms. The molecule has 5 rings (SSSR count). The highest BCUT2D eigenvalue weighted by molar-refractivity contribution is 5.96. The third-order valence-electron chi connectivity index (χ3n) is 7.34. The molecule has 0 saturated carbocycles. The van der Waals surface area contributed by atoms with Crippen molar-refractivity contribution < 1.29 is 14.4 Å². The first kappa shape index (κ1) is 27.6. The molecule has 2 aromatic heterocycles. The van der Waals surface area contributed by atoms with Gasteiger partial charge in [-0.1, -0.05) is 6.07 Å². The summed E-state index contributed by atoms with van der Waals surface area (Å²) in [5.41, 5.74) is 4.02. The van der Waals surface area contributed by atoms with Crippen LogP contribution in [0.5, 0.6) is 0 Å². The van der Waals surface area contributed by atoms with E-state index in [2.05, 4.69) is 25.2 Å². The first-order valence-corrected chi connectivity index (χ1v) is 13.6. The molecule has 0 radical (unpaired) electrons. The molecule has 2 N–H and O–H groups in total. The second-order valence-corrected chi connectivity index (χ2v) is 10.00. The molecule has 3 heterocycles. The van der Waals surface area contributed by atoms with Gasteiger partial charge in [0.05, 0.1) is 5.39 Å². The van der Waals surface area contributed by atoms with Crippen LogP contribution >= 0.6 is 0 Å². The number of piperazine rings is 1. The van der Waals surface area contributed by atoms with E-state index in [4.69, 9.17) is 0 Å². The topological polar surface area (TPSA) is 118 Å². The molecule has 1 saturated heterocycles. The molecular formula is C30H34N8O3. The van der Waals surface area contributed by atoms with Gasteiger partial charge in [0.1, 0.15) is 17.8 Å². The van der Waals surface area contributed by atoms with Crippen molar-refractivity contribution in [3.05, 3.63) is 72.7 Å². The third-order valence-corrected chi connectivity index (χ3v) is 7.34. The Hall–Kier alpha value is -4.93. The predicted octanol–water partition coefficient (Wildman–Crippen LogP) is 3.18. The molecule has 3 amide bonds. The van der Waals surface area contributed by atoms with E-state index in [-0.39, 0.29) is 17.7 Å². The molecule has 4 aromatic rings. The van der Waals surface area contributed by atoms with E-state index in [1.807, 2.05) is 70.6 Å². The molecule has 0 aliphatic carbocycles. The van der Waals surface area contributed by atoms with Crippen LogP contribution in [-0.2, 0) is 9.59 Å². The maximum atomic E-state index is 13.6. The summed E-state index contributed by atoms with van der Waals surface area (Å²) in [4.78, 5) is 56.4. The van der Waals surface area contributed by atoms with Crippen LogP contribution in [0.1, 0.15) is 24.2 Å². The van der Waals surface area contributed by atoms with Crippen LogP contribution in [0.3, 0.4) is 0 Å². The molecule has 1 aliphatic rings. The Labute approximate surface area is 238 Å². The molecule has 1 fully saturated rings. The first-order chi connectivity index (χ1) is 19.8. The van der Waals surface area contributed by atoms with Gasteiger partial charge in [0.15, 0.2) is 0 Å². The summed E-state index contributed by atoms with van der Waals surface area (Å²) < 4.78 is 0. The molecule has 212 valence electrons. The Kier molecular flexibility index (Phi) is 8.14. The monoisotopic (exact) mass is 554 g/mol. The van der Waals surface area contributed by atoms with Crippen LogP contribution in [0.25, 0.3) is 11.0 Å². The number of carbonyl (C=O) groups is 3. The van der Waals surface area contributed by atoms with Gasteiger partial charge >= 0.3 is 0 Å². The number of hydrogen-bond donors (Lipinski definition) is 2. The Morgan fingerprint density at radius 2 is 1.71 bits per heavy atom. The number of nitrogens with one attached hydrogen (secondary N) is 2. The fourth-order valence-electron chi connectivity index (χ4n) is 5.00. The number of carbonyl (C=O) groups excluding carboxylic acids is 3. The highest BCUT2D eigenvalue weighted by atomic mass is 16.2. The van der Waals surface area contributed by atoms with Gasteiger partial charge in [0.2, 0.25) is 11.8 Å². The lowest BCUT2D eigenvalue weighted by Crippen LogP contribution is -2.48. The lowest BCUT2D eigenvalue weighted by Gasteiger charge is -2.36. The zero-order valence-electron chi connectivity index (χ0n) is 23.5. The smallest absolute Gasteiger partial charge is 0.254 e. The van der Waals surface area contributed by atoms with Gasteiger partial charge in [-0.3, -0.25) is 14.4 Å². The quantitative estimate of drug-likeness (QED) is 0.344. The van der Waals surface area contributed by atoms with E-state index in [0.29, 0.717) is 56.3 Å². The lowest BCUT2D eigenvalue weighted by atomic mass is 10.1. The minimum atomic E-state index is -0.109. The Morgan fingerprint density at radius 1 is 0.951 bits per heavy atom. The average molecular weight is 555 g/mol. The number of benzene rings is 2. The van der Waals surface area contributed by atoms with Crippen LogP contribution in [0.4, 0.5) is 22.9 Å². The molecule has 1 aliphatic heterocycles. The van der Waals surface area contributed by atoms with Crippen molar-refractivity contribution in [2.45, 2.75) is 13.8 Å². The average Bonchev–Trinajstić information content (AvgIpc) is 3.48. The Morgan fingerprint density at radius 3 is 2.41 bits per heavy atom. The van der Waals surface area contributed by atoms with Crippen molar-refractivity contribution in [3.8, 4) is 0 Å². The SMILES string of the molecule is CC(=O)NCCN(c1cccc(C(=O)N2CCN(c3ccc(N(C)C(C)=O)cc3)CC2)c1)c1ncnc2[nH]ccc12. The summed E-state index contributed by atoms with van der Waals surface area (Å²) in [5, 5.41) is 3.70. The minimum Gasteiger partial charge on any atom is -0.368 e. The number of rotatable bonds is 8. The summed E-state index contributed by atoms with van der Waals surface area (Å²) >= 11 is 0. The lowest BCUT2D eigenvalue weighted by molar-refractivity contribution is -0.119. The van der Waals surface area contributed by atoms with Gasteiger partial charge in [0.25, 0.3) is 5.91 Å². The summed E-state index contributed by atoms with van der Waals surface area (Å²) in [6.45, 7) is 6.53. The van der Waals surface area contributed by atoms with E-state index in [1.165, 1.54) is 13.3 Å². The second-order valence-electron chi connectivity index (χ2n) is 10.00. The van der Waals surface area contributed by atoms with Gasteiger partial charge < -0.3 is 29.9 Å². The van der Waals surface area contributed by atoms with Crippen molar-refractivity contribution >= 4 is 51.6 Å². The Bertz CT molecular complexity index is 1540. The van der Waals surface area contributed by atoms with E-state index in [1.54, 1.807) is 18.9 Å². The number of anilines is 4. The van der Waals surface area contributed by atoms with Crippen LogP contribution in [0, 0.1) is 0 Å². The zero-order chi connectivity index (χ0) is 28.9. The van der Waals surface area contributed by atoms with Crippen molar-refractivity contribution in [1.29, 1.82) is 0 Å². The predicted molar refractivity (Wildman–Crippen MR) is 160 cm³/mol. The molecule has 0 unspecified atom stereocenters. The number of fused-ring (bicyclic) bond motifs is 1. The molecule has 0 atom stereocenters. The van der Waals surface area contributed by atoms with E-state index < -0.39 is 0 Å². The maximum Gasteiger partial charge on any atom is 0.254 e. The molecular weight excluding hydrogens is 520 g/mol. The van der Waals surface area contributed by atoms with Gasteiger partial charge in [-0.15, -0.1) is 0 Å².